The van der Waals surface area contributed by atoms with Gasteiger partial charge in [-0.3, -0.25) is 19.0 Å². The Kier molecular flexibility index (Phi) is 6.27. The van der Waals surface area contributed by atoms with Crippen LogP contribution in [0.3, 0.4) is 0 Å². The Hall–Kier alpha value is -2.97. The van der Waals surface area contributed by atoms with Crippen LogP contribution in [0.4, 0.5) is 5.69 Å². The van der Waals surface area contributed by atoms with Crippen molar-refractivity contribution in [3.8, 4) is 0 Å². The van der Waals surface area contributed by atoms with Gasteiger partial charge < -0.3 is 9.64 Å². The Morgan fingerprint density at radius 1 is 1.24 bits per heavy atom. The van der Waals surface area contributed by atoms with E-state index in [-0.39, 0.29) is 23.4 Å². The first-order chi connectivity index (χ1) is 16.4. The molecule has 8 heteroatoms. The molecule has 3 aromatic rings. The first-order valence-corrected chi connectivity index (χ1v) is 12.5. The van der Waals surface area contributed by atoms with E-state index >= 15 is 0 Å². The minimum atomic E-state index is -0.438. The van der Waals surface area contributed by atoms with E-state index in [1.807, 2.05) is 37.3 Å². The smallest absolute Gasteiger partial charge is 0.262 e. The van der Waals surface area contributed by atoms with Gasteiger partial charge in [0.2, 0.25) is 5.91 Å². The molecule has 5 rings (SSSR count). The fourth-order valence-corrected chi connectivity index (χ4v) is 5.71. The van der Waals surface area contributed by atoms with E-state index in [1.165, 1.54) is 11.8 Å². The van der Waals surface area contributed by atoms with Gasteiger partial charge in [0.05, 0.1) is 28.8 Å². The number of hydrogen-bond acceptors (Lipinski definition) is 6. The second kappa shape index (κ2) is 9.35. The van der Waals surface area contributed by atoms with E-state index in [2.05, 4.69) is 0 Å². The van der Waals surface area contributed by atoms with Crippen molar-refractivity contribution in [2.24, 2.45) is 0 Å². The van der Waals surface area contributed by atoms with Crippen LogP contribution in [0.25, 0.3) is 10.9 Å². The van der Waals surface area contributed by atoms with Gasteiger partial charge >= 0.3 is 0 Å². The second-order valence-corrected chi connectivity index (χ2v) is 10.2. The highest BCUT2D eigenvalue weighted by Crippen LogP contribution is 2.31. The van der Waals surface area contributed by atoms with E-state index in [9.17, 15) is 14.4 Å². The van der Waals surface area contributed by atoms with Gasteiger partial charge in [0, 0.05) is 31.3 Å². The molecule has 1 saturated heterocycles. The van der Waals surface area contributed by atoms with Gasteiger partial charge in [0.25, 0.3) is 5.56 Å². The highest BCUT2D eigenvalue weighted by atomic mass is 32.2. The molecule has 176 valence electrons. The number of thioether (sulfide) groups is 1. The van der Waals surface area contributed by atoms with Crippen LogP contribution in [0.2, 0.25) is 0 Å². The summed E-state index contributed by atoms with van der Waals surface area (Å²) in [6.07, 6.45) is 2.61. The van der Waals surface area contributed by atoms with Gasteiger partial charge in [-0.05, 0) is 62.1 Å². The predicted octanol–water partition coefficient (Wildman–Crippen LogP) is 3.85. The van der Waals surface area contributed by atoms with Crippen LogP contribution in [0.1, 0.15) is 42.6 Å². The van der Waals surface area contributed by atoms with Gasteiger partial charge in [0.15, 0.2) is 10.9 Å². The Balaban J connectivity index is 1.44. The molecule has 7 nitrogen and oxygen atoms in total. The van der Waals surface area contributed by atoms with Crippen molar-refractivity contribution >= 4 is 40.0 Å². The molecular weight excluding hydrogens is 450 g/mol. The molecule has 2 aliphatic rings. The minimum absolute atomic E-state index is 0.00772. The lowest BCUT2D eigenvalue weighted by Crippen LogP contribution is -2.29. The molecule has 2 atom stereocenters. The highest BCUT2D eigenvalue weighted by molar-refractivity contribution is 8.00. The maximum absolute atomic E-state index is 13.3. The maximum atomic E-state index is 13.3. The van der Waals surface area contributed by atoms with Crippen LogP contribution in [0, 0.1) is 0 Å². The van der Waals surface area contributed by atoms with Crippen molar-refractivity contribution < 1.29 is 14.3 Å². The van der Waals surface area contributed by atoms with Crippen molar-refractivity contribution in [1.82, 2.24) is 9.55 Å². The zero-order valence-electron chi connectivity index (χ0n) is 19.3. The minimum Gasteiger partial charge on any atom is -0.376 e. The number of rotatable bonds is 6. The summed E-state index contributed by atoms with van der Waals surface area (Å²) in [5.74, 6) is -0.0199. The largest absolute Gasteiger partial charge is 0.376 e. The summed E-state index contributed by atoms with van der Waals surface area (Å²) in [4.78, 5) is 45.0. The summed E-state index contributed by atoms with van der Waals surface area (Å²) in [6.45, 7) is 5.18. The lowest BCUT2D eigenvalue weighted by atomic mass is 10.0. The van der Waals surface area contributed by atoms with Crippen LogP contribution < -0.4 is 10.5 Å². The number of ketones is 1. The highest BCUT2D eigenvalue weighted by Gasteiger charge is 2.26. The Labute approximate surface area is 202 Å². The molecule has 0 radical (unpaired) electrons. The molecule has 0 spiro atoms. The lowest BCUT2D eigenvalue weighted by molar-refractivity contribution is -0.116. The normalized spacial score (nSPS) is 18.3. The Bertz CT molecular complexity index is 1330. The van der Waals surface area contributed by atoms with Crippen molar-refractivity contribution in [3.63, 3.8) is 0 Å². The monoisotopic (exact) mass is 477 g/mol. The molecule has 3 heterocycles. The predicted molar refractivity (Wildman–Crippen MR) is 133 cm³/mol. The molecule has 0 aliphatic carbocycles. The van der Waals surface area contributed by atoms with Crippen LogP contribution >= 0.6 is 11.8 Å². The summed E-state index contributed by atoms with van der Waals surface area (Å²) >= 11 is 1.31. The standard InChI is InChI=1S/C26H27N3O4S/c1-16(24(31)19-9-10-23-18(14-19)11-12-28(23)17(2)30)34-26-27-22-8-4-3-7-21(22)25(32)29(26)15-20-6-5-13-33-20/h3-4,7-10,14,16,20H,5-6,11-13,15H2,1-2H3. The number of anilines is 1. The Morgan fingerprint density at radius 3 is 2.82 bits per heavy atom. The van der Waals surface area contributed by atoms with E-state index in [4.69, 9.17) is 9.72 Å². The molecule has 2 aliphatic heterocycles. The van der Waals surface area contributed by atoms with Crippen LogP contribution in [0.15, 0.2) is 52.4 Å². The number of hydrogen-bond donors (Lipinski definition) is 0. The lowest BCUT2D eigenvalue weighted by Gasteiger charge is -2.19. The number of benzene rings is 2. The number of amides is 1. The van der Waals surface area contributed by atoms with Crippen molar-refractivity contribution in [2.45, 2.75) is 56.2 Å². The van der Waals surface area contributed by atoms with Crippen LogP contribution in [0.5, 0.6) is 0 Å². The van der Waals surface area contributed by atoms with Gasteiger partial charge in [-0.25, -0.2) is 4.98 Å². The summed E-state index contributed by atoms with van der Waals surface area (Å²) in [6, 6.07) is 12.8. The van der Waals surface area contributed by atoms with Gasteiger partial charge in [-0.1, -0.05) is 23.9 Å². The molecular formula is C26H27N3O4S. The number of Topliss-reactive ketones (excluding diaryl/α,β-unsaturated/α-hetero) is 1. The van der Waals surface area contributed by atoms with Gasteiger partial charge in [0.1, 0.15) is 0 Å². The molecule has 2 aromatic carbocycles. The number of carbonyl (C=O) groups excluding carboxylic acids is 2. The molecule has 1 amide bonds. The van der Waals surface area contributed by atoms with Crippen LogP contribution in [-0.4, -0.2) is 45.7 Å². The zero-order chi connectivity index (χ0) is 23.8. The summed E-state index contributed by atoms with van der Waals surface area (Å²) in [5, 5.41) is 0.661. The van der Waals surface area contributed by atoms with Crippen LogP contribution in [-0.2, 0) is 22.5 Å². The van der Waals surface area contributed by atoms with Gasteiger partial charge in [-0.2, -0.15) is 0 Å². The molecule has 34 heavy (non-hydrogen) atoms. The summed E-state index contributed by atoms with van der Waals surface area (Å²) < 4.78 is 7.44. The number of carbonyl (C=O) groups is 2. The summed E-state index contributed by atoms with van der Waals surface area (Å²) in [5.41, 5.74) is 3.02. The third-order valence-electron chi connectivity index (χ3n) is 6.53. The first-order valence-electron chi connectivity index (χ1n) is 11.7. The topological polar surface area (TPSA) is 81.5 Å². The van der Waals surface area contributed by atoms with Crippen molar-refractivity contribution in [1.29, 1.82) is 0 Å². The SMILES string of the molecule is CC(=O)N1CCc2cc(C(=O)C(C)Sc3nc4ccccc4c(=O)n3CC3CCCO3)ccc21. The van der Waals surface area contributed by atoms with E-state index in [1.54, 1.807) is 28.5 Å². The molecule has 0 saturated carbocycles. The molecule has 2 unspecified atom stereocenters. The van der Waals surface area contributed by atoms with Crippen molar-refractivity contribution in [2.75, 3.05) is 18.1 Å². The number of para-hydroxylation sites is 1. The van der Waals surface area contributed by atoms with Crippen molar-refractivity contribution in [3.05, 3.63) is 63.9 Å². The third-order valence-corrected chi connectivity index (χ3v) is 7.62. The maximum Gasteiger partial charge on any atom is 0.262 e. The number of ether oxygens (including phenoxy) is 1. The van der Waals surface area contributed by atoms with E-state index in [0.717, 1.165) is 30.5 Å². The number of fused-ring (bicyclic) bond motifs is 2. The average molecular weight is 478 g/mol. The first kappa shape index (κ1) is 22.8. The molecule has 1 fully saturated rings. The zero-order valence-corrected chi connectivity index (χ0v) is 20.1. The fourth-order valence-electron chi connectivity index (χ4n) is 4.72. The molecule has 0 N–H and O–H groups in total. The fraction of sp³-hybridized carbons (Fsp3) is 0.385. The second-order valence-electron chi connectivity index (χ2n) is 8.85. The van der Waals surface area contributed by atoms with Gasteiger partial charge in [-0.15, -0.1) is 0 Å². The number of aromatic nitrogens is 2. The third kappa shape index (κ3) is 4.28. The average Bonchev–Trinajstić information content (AvgIpc) is 3.50. The summed E-state index contributed by atoms with van der Waals surface area (Å²) in [7, 11) is 0. The quantitative estimate of drug-likeness (QED) is 0.305. The van der Waals surface area contributed by atoms with E-state index < -0.39 is 5.25 Å². The number of nitrogens with zero attached hydrogens (tertiary/aromatic N) is 3. The Morgan fingerprint density at radius 2 is 2.06 bits per heavy atom. The van der Waals surface area contributed by atoms with E-state index in [0.29, 0.717) is 41.3 Å². The molecule has 1 aromatic heterocycles. The molecule has 0 bridgehead atoms.